The summed E-state index contributed by atoms with van der Waals surface area (Å²) in [6.07, 6.45) is 6.36. The van der Waals surface area contributed by atoms with Crippen LogP contribution in [0.3, 0.4) is 0 Å². The van der Waals surface area contributed by atoms with Crippen LogP contribution in [0.2, 0.25) is 0 Å². The van der Waals surface area contributed by atoms with Crippen molar-refractivity contribution < 1.29 is 4.79 Å². The van der Waals surface area contributed by atoms with E-state index in [4.69, 9.17) is 0 Å². The van der Waals surface area contributed by atoms with Crippen LogP contribution in [0.5, 0.6) is 0 Å². The molecule has 6 heteroatoms. The second-order valence-corrected chi connectivity index (χ2v) is 8.68. The van der Waals surface area contributed by atoms with Crippen LogP contribution in [-0.2, 0) is 19.5 Å². The van der Waals surface area contributed by atoms with Crippen molar-refractivity contribution in [3.05, 3.63) is 53.3 Å². The smallest absolute Gasteiger partial charge is 0.257 e. The van der Waals surface area contributed by atoms with Crippen LogP contribution in [0.1, 0.15) is 40.9 Å². The Morgan fingerprint density at radius 1 is 1.00 bits per heavy atom. The lowest BCUT2D eigenvalue weighted by Gasteiger charge is -2.38. The highest BCUT2D eigenvalue weighted by molar-refractivity contribution is 5.95. The molecule has 2 saturated heterocycles. The highest BCUT2D eigenvalue weighted by Gasteiger charge is 2.32. The molecule has 1 amide bonds. The van der Waals surface area contributed by atoms with Gasteiger partial charge in [-0.2, -0.15) is 5.10 Å². The number of aryl methyl sites for hydroxylation is 1. The number of fused-ring (bicyclic) bond motifs is 1. The first kappa shape index (κ1) is 18.8. The van der Waals surface area contributed by atoms with Gasteiger partial charge in [-0.1, -0.05) is 30.3 Å². The fourth-order valence-corrected chi connectivity index (χ4v) is 5.16. The molecule has 0 N–H and O–H groups in total. The number of hydrogen-bond acceptors (Lipinski definition) is 4. The van der Waals surface area contributed by atoms with Crippen molar-refractivity contribution in [2.45, 2.75) is 44.8 Å². The summed E-state index contributed by atoms with van der Waals surface area (Å²) in [5.74, 6) is 0.185. The van der Waals surface area contributed by atoms with E-state index in [-0.39, 0.29) is 5.91 Å². The summed E-state index contributed by atoms with van der Waals surface area (Å²) < 4.78 is 2.03. The SMILES string of the molecule is O=C(c1cnn2c1CCCC2)N1CCN([C@H]2CCN(Cc3ccccc3)C2)CC1. The second-order valence-electron chi connectivity index (χ2n) is 8.68. The van der Waals surface area contributed by atoms with Gasteiger partial charge in [0.2, 0.25) is 0 Å². The van der Waals surface area contributed by atoms with Crippen LogP contribution in [-0.4, -0.2) is 75.7 Å². The Morgan fingerprint density at radius 2 is 1.83 bits per heavy atom. The monoisotopic (exact) mass is 393 g/mol. The lowest BCUT2D eigenvalue weighted by atomic mass is 10.1. The number of rotatable bonds is 4. The molecule has 3 aliphatic rings. The molecular weight excluding hydrogens is 362 g/mol. The van der Waals surface area contributed by atoms with Gasteiger partial charge in [0.05, 0.1) is 17.5 Å². The van der Waals surface area contributed by atoms with Crippen molar-refractivity contribution in [3.63, 3.8) is 0 Å². The van der Waals surface area contributed by atoms with Crippen LogP contribution >= 0.6 is 0 Å². The molecule has 6 nitrogen and oxygen atoms in total. The Labute approximate surface area is 173 Å². The molecule has 0 bridgehead atoms. The van der Waals surface area contributed by atoms with E-state index in [1.807, 2.05) is 9.58 Å². The molecule has 0 spiro atoms. The molecule has 2 fully saturated rings. The van der Waals surface area contributed by atoms with Gasteiger partial charge < -0.3 is 4.90 Å². The summed E-state index contributed by atoms with van der Waals surface area (Å²) in [7, 11) is 0. The lowest BCUT2D eigenvalue weighted by Crippen LogP contribution is -2.52. The molecule has 0 saturated carbocycles. The number of carbonyl (C=O) groups is 1. The van der Waals surface area contributed by atoms with Gasteiger partial charge in [0.25, 0.3) is 5.91 Å². The Hall–Kier alpha value is -2.18. The van der Waals surface area contributed by atoms with Crippen molar-refractivity contribution in [2.24, 2.45) is 0 Å². The molecule has 1 aromatic heterocycles. The number of likely N-dealkylation sites (tertiary alicyclic amines) is 1. The van der Waals surface area contributed by atoms with E-state index in [9.17, 15) is 4.79 Å². The van der Waals surface area contributed by atoms with Crippen LogP contribution in [0.15, 0.2) is 36.5 Å². The van der Waals surface area contributed by atoms with Gasteiger partial charge in [-0.25, -0.2) is 0 Å². The van der Waals surface area contributed by atoms with Gasteiger partial charge in [-0.05, 0) is 31.2 Å². The standard InChI is InChI=1S/C23H31N5O/c29-23(21-16-24-28-10-5-4-8-22(21)28)27-14-12-26(13-15-27)20-9-11-25(18-20)17-19-6-2-1-3-7-19/h1-3,6-7,16,20H,4-5,8-15,17-18H2/t20-/m0/s1. The fraction of sp³-hybridized carbons (Fsp3) is 0.565. The molecule has 3 aliphatic heterocycles. The third kappa shape index (κ3) is 3.96. The molecule has 4 heterocycles. The summed E-state index contributed by atoms with van der Waals surface area (Å²) in [6.45, 7) is 7.94. The molecular formula is C23H31N5O. The van der Waals surface area contributed by atoms with Crippen LogP contribution in [0.25, 0.3) is 0 Å². The Morgan fingerprint density at radius 3 is 2.66 bits per heavy atom. The summed E-state index contributed by atoms with van der Waals surface area (Å²) in [6, 6.07) is 11.4. The Balaban J connectivity index is 1.14. The average Bonchev–Trinajstić information content (AvgIpc) is 3.41. The zero-order valence-corrected chi connectivity index (χ0v) is 17.2. The number of aromatic nitrogens is 2. The number of hydrogen-bond donors (Lipinski definition) is 0. The van der Waals surface area contributed by atoms with Gasteiger partial charge >= 0.3 is 0 Å². The molecule has 2 aromatic rings. The van der Waals surface area contributed by atoms with Gasteiger partial charge in [-0.3, -0.25) is 19.3 Å². The second kappa shape index (κ2) is 8.28. The summed E-state index contributed by atoms with van der Waals surface area (Å²) in [5.41, 5.74) is 3.39. The average molecular weight is 394 g/mol. The van der Waals surface area contributed by atoms with Gasteiger partial charge in [0, 0.05) is 58.4 Å². The Kier molecular flexibility index (Phi) is 5.38. The summed E-state index contributed by atoms with van der Waals surface area (Å²) >= 11 is 0. The van der Waals surface area contributed by atoms with Gasteiger partial charge in [0.1, 0.15) is 0 Å². The number of nitrogens with zero attached hydrogens (tertiary/aromatic N) is 5. The van der Waals surface area contributed by atoms with Crippen molar-refractivity contribution >= 4 is 5.91 Å². The topological polar surface area (TPSA) is 44.6 Å². The van der Waals surface area contributed by atoms with Crippen molar-refractivity contribution in [2.75, 3.05) is 39.3 Å². The fourth-order valence-electron chi connectivity index (χ4n) is 5.16. The van der Waals surface area contributed by atoms with Crippen LogP contribution < -0.4 is 0 Å². The van der Waals surface area contributed by atoms with E-state index in [1.165, 1.54) is 31.4 Å². The maximum absolute atomic E-state index is 13.1. The van der Waals surface area contributed by atoms with Gasteiger partial charge in [0.15, 0.2) is 0 Å². The molecule has 0 aliphatic carbocycles. The van der Waals surface area contributed by atoms with Gasteiger partial charge in [-0.15, -0.1) is 0 Å². The molecule has 154 valence electrons. The quantitative estimate of drug-likeness (QED) is 0.799. The van der Waals surface area contributed by atoms with Crippen molar-refractivity contribution in [1.29, 1.82) is 0 Å². The van der Waals surface area contributed by atoms with E-state index < -0.39 is 0 Å². The summed E-state index contributed by atoms with van der Waals surface area (Å²) in [5, 5.41) is 4.45. The zero-order chi connectivity index (χ0) is 19.6. The molecule has 5 rings (SSSR count). The number of piperazine rings is 1. The molecule has 29 heavy (non-hydrogen) atoms. The predicted molar refractivity (Wildman–Crippen MR) is 113 cm³/mol. The molecule has 0 radical (unpaired) electrons. The van der Waals surface area contributed by atoms with E-state index >= 15 is 0 Å². The van der Waals surface area contributed by atoms with E-state index in [0.29, 0.717) is 6.04 Å². The minimum atomic E-state index is 0.185. The first-order valence-corrected chi connectivity index (χ1v) is 11.1. The minimum Gasteiger partial charge on any atom is -0.336 e. The van der Waals surface area contributed by atoms with Crippen molar-refractivity contribution in [1.82, 2.24) is 24.5 Å². The summed E-state index contributed by atoms with van der Waals surface area (Å²) in [4.78, 5) is 20.3. The highest BCUT2D eigenvalue weighted by Crippen LogP contribution is 2.22. The third-order valence-electron chi connectivity index (χ3n) is 6.83. The first-order chi connectivity index (χ1) is 14.3. The van der Waals surface area contributed by atoms with Crippen molar-refractivity contribution in [3.8, 4) is 0 Å². The molecule has 0 unspecified atom stereocenters. The number of carbonyl (C=O) groups excluding carboxylic acids is 1. The molecule has 1 atom stereocenters. The lowest BCUT2D eigenvalue weighted by molar-refractivity contribution is 0.0572. The number of benzene rings is 1. The van der Waals surface area contributed by atoms with E-state index in [0.717, 1.165) is 63.5 Å². The minimum absolute atomic E-state index is 0.185. The Bertz CT molecular complexity index is 840. The van der Waals surface area contributed by atoms with Crippen LogP contribution in [0.4, 0.5) is 0 Å². The maximum atomic E-state index is 13.1. The highest BCUT2D eigenvalue weighted by atomic mass is 16.2. The van der Waals surface area contributed by atoms with E-state index in [1.54, 1.807) is 6.20 Å². The zero-order valence-electron chi connectivity index (χ0n) is 17.2. The van der Waals surface area contributed by atoms with Crippen LogP contribution in [0, 0.1) is 0 Å². The normalized spacial score (nSPS) is 23.3. The maximum Gasteiger partial charge on any atom is 0.257 e. The van der Waals surface area contributed by atoms with E-state index in [2.05, 4.69) is 45.2 Å². The first-order valence-electron chi connectivity index (χ1n) is 11.1. The third-order valence-corrected chi connectivity index (χ3v) is 6.83. The largest absolute Gasteiger partial charge is 0.336 e. The molecule has 1 aromatic carbocycles. The predicted octanol–water partition coefficient (Wildman–Crippen LogP) is 2.25. The number of amides is 1.